The van der Waals surface area contributed by atoms with Crippen molar-refractivity contribution in [2.24, 2.45) is 16.3 Å². The van der Waals surface area contributed by atoms with Gasteiger partial charge in [0.05, 0.1) is 12.2 Å². The molecule has 1 spiro atoms. The van der Waals surface area contributed by atoms with Crippen LogP contribution in [0.4, 0.5) is 13.2 Å². The lowest BCUT2D eigenvalue weighted by molar-refractivity contribution is -0.137. The van der Waals surface area contributed by atoms with Gasteiger partial charge in [0, 0.05) is 44.7 Å². The molecule has 0 bridgehead atoms. The fraction of sp³-hybridized carbons (Fsp3) is 0.696. The fourth-order valence-electron chi connectivity index (χ4n) is 5.51. The molecule has 180 valence electrons. The summed E-state index contributed by atoms with van der Waals surface area (Å²) < 4.78 is 44.6. The number of hydrogen-bond donors (Lipinski definition) is 1. The summed E-state index contributed by atoms with van der Waals surface area (Å²) in [6.07, 6.45) is 0.0698. The van der Waals surface area contributed by atoms with Gasteiger partial charge in [0.25, 0.3) is 0 Å². The van der Waals surface area contributed by atoms with E-state index in [1.54, 1.807) is 12.1 Å². The summed E-state index contributed by atoms with van der Waals surface area (Å²) in [5.41, 5.74) is 0.620. The minimum Gasteiger partial charge on any atom is -0.381 e. The van der Waals surface area contributed by atoms with Gasteiger partial charge in [0.1, 0.15) is 0 Å². The number of ether oxygens (including phenoxy) is 1. The smallest absolute Gasteiger partial charge is 0.381 e. The average molecular weight is 566 g/mol. The van der Waals surface area contributed by atoms with E-state index in [-0.39, 0.29) is 35.4 Å². The van der Waals surface area contributed by atoms with E-state index in [2.05, 4.69) is 27.2 Å². The van der Waals surface area contributed by atoms with Gasteiger partial charge < -0.3 is 15.0 Å². The van der Waals surface area contributed by atoms with Crippen LogP contribution in [0.5, 0.6) is 0 Å². The lowest BCUT2D eigenvalue weighted by atomic mass is 9.84. The number of rotatable bonds is 3. The Hall–Kier alpha value is -1.07. The molecule has 1 aromatic carbocycles. The standard InChI is InChI=1S/C23H33F3N4O.HI/c1-27-21(30-12-9-22(15-30)10-13-31-16-22)28-14-18-4-3-11-29(2)20(18)17-5-7-19(8-6-17)23(24,25)26;/h5-8,18,20H,3-4,9-16H2,1-2H3,(H,27,28);1H. The highest BCUT2D eigenvalue weighted by Crippen LogP contribution is 2.39. The van der Waals surface area contributed by atoms with Crippen molar-refractivity contribution in [1.29, 1.82) is 0 Å². The summed E-state index contributed by atoms with van der Waals surface area (Å²) in [6, 6.07) is 5.78. The number of hydrogen-bond acceptors (Lipinski definition) is 3. The topological polar surface area (TPSA) is 40.1 Å². The van der Waals surface area contributed by atoms with Crippen molar-refractivity contribution >= 4 is 29.9 Å². The first-order valence-electron chi connectivity index (χ1n) is 11.2. The van der Waals surface area contributed by atoms with Crippen molar-refractivity contribution < 1.29 is 17.9 Å². The van der Waals surface area contributed by atoms with Gasteiger partial charge in [0.2, 0.25) is 0 Å². The molecular formula is C23H34F3IN4O. The van der Waals surface area contributed by atoms with Gasteiger partial charge in [-0.05, 0) is 62.9 Å². The van der Waals surface area contributed by atoms with E-state index in [1.807, 2.05) is 7.05 Å². The molecule has 1 aromatic rings. The van der Waals surface area contributed by atoms with Gasteiger partial charge in [-0.1, -0.05) is 12.1 Å². The minimum absolute atomic E-state index is 0. The third kappa shape index (κ3) is 5.52. The summed E-state index contributed by atoms with van der Waals surface area (Å²) in [5, 5.41) is 3.57. The zero-order chi connectivity index (χ0) is 22.1. The maximum absolute atomic E-state index is 13.0. The van der Waals surface area contributed by atoms with E-state index in [1.165, 1.54) is 12.1 Å². The summed E-state index contributed by atoms with van der Waals surface area (Å²) in [6.45, 7) is 5.34. The molecule has 0 aromatic heterocycles. The summed E-state index contributed by atoms with van der Waals surface area (Å²) in [7, 11) is 3.88. The molecule has 0 amide bonds. The summed E-state index contributed by atoms with van der Waals surface area (Å²) in [5.74, 6) is 1.22. The summed E-state index contributed by atoms with van der Waals surface area (Å²) in [4.78, 5) is 9.11. The van der Waals surface area contributed by atoms with Gasteiger partial charge in [-0.2, -0.15) is 13.2 Å². The molecule has 9 heteroatoms. The monoisotopic (exact) mass is 566 g/mol. The molecule has 3 aliphatic rings. The molecule has 5 nitrogen and oxygen atoms in total. The van der Waals surface area contributed by atoms with E-state index in [0.29, 0.717) is 5.92 Å². The quantitative estimate of drug-likeness (QED) is 0.335. The highest BCUT2D eigenvalue weighted by Gasteiger charge is 2.42. The van der Waals surface area contributed by atoms with Gasteiger partial charge >= 0.3 is 6.18 Å². The van der Waals surface area contributed by atoms with Crippen molar-refractivity contribution in [2.45, 2.75) is 37.9 Å². The predicted octanol–water partition coefficient (Wildman–Crippen LogP) is 4.39. The predicted molar refractivity (Wildman–Crippen MR) is 130 cm³/mol. The van der Waals surface area contributed by atoms with Crippen LogP contribution in [0.3, 0.4) is 0 Å². The second-order valence-corrected chi connectivity index (χ2v) is 9.35. The van der Waals surface area contributed by atoms with Crippen LogP contribution in [0.1, 0.15) is 42.9 Å². The minimum atomic E-state index is -4.30. The molecule has 4 rings (SSSR count). The highest BCUT2D eigenvalue weighted by atomic mass is 127. The third-order valence-electron chi connectivity index (χ3n) is 7.24. The van der Waals surface area contributed by atoms with Crippen molar-refractivity contribution in [1.82, 2.24) is 15.1 Å². The number of benzene rings is 1. The van der Waals surface area contributed by atoms with Crippen molar-refractivity contribution in [3.05, 3.63) is 35.4 Å². The van der Waals surface area contributed by atoms with Crippen LogP contribution < -0.4 is 5.32 Å². The van der Waals surface area contributed by atoms with Gasteiger partial charge in [0.15, 0.2) is 5.96 Å². The van der Waals surface area contributed by atoms with E-state index in [9.17, 15) is 13.2 Å². The Kier molecular flexibility index (Phi) is 8.35. The van der Waals surface area contributed by atoms with Crippen LogP contribution in [-0.4, -0.2) is 69.2 Å². The number of likely N-dealkylation sites (tertiary alicyclic amines) is 2. The largest absolute Gasteiger partial charge is 0.416 e. The molecular weight excluding hydrogens is 532 g/mol. The SMILES string of the molecule is CN=C(NCC1CCCN(C)C1c1ccc(C(F)(F)F)cc1)N1CCC2(CCOC2)C1.I. The Balaban J connectivity index is 0.00000289. The molecule has 3 saturated heterocycles. The molecule has 1 N–H and O–H groups in total. The van der Waals surface area contributed by atoms with Crippen LogP contribution in [0.15, 0.2) is 29.3 Å². The lowest BCUT2D eigenvalue weighted by Crippen LogP contribution is -2.46. The maximum Gasteiger partial charge on any atom is 0.416 e. The average Bonchev–Trinajstić information content (AvgIpc) is 3.38. The molecule has 0 radical (unpaired) electrons. The summed E-state index contributed by atoms with van der Waals surface area (Å²) >= 11 is 0. The Bertz CT molecular complexity index is 780. The van der Waals surface area contributed by atoms with Gasteiger partial charge in [-0.15, -0.1) is 24.0 Å². The molecule has 3 unspecified atom stereocenters. The van der Waals surface area contributed by atoms with E-state index in [0.717, 1.165) is 76.6 Å². The van der Waals surface area contributed by atoms with Crippen LogP contribution in [0, 0.1) is 11.3 Å². The Morgan fingerprint density at radius 1 is 1.22 bits per heavy atom. The van der Waals surface area contributed by atoms with E-state index >= 15 is 0 Å². The first-order chi connectivity index (χ1) is 14.8. The molecule has 3 heterocycles. The number of guanidine groups is 1. The van der Waals surface area contributed by atoms with Crippen LogP contribution >= 0.6 is 24.0 Å². The number of piperidine rings is 1. The maximum atomic E-state index is 13.0. The molecule has 3 aliphatic heterocycles. The molecule has 3 fully saturated rings. The van der Waals surface area contributed by atoms with Crippen LogP contribution in [-0.2, 0) is 10.9 Å². The molecule has 0 saturated carbocycles. The van der Waals surface area contributed by atoms with Crippen molar-refractivity contribution in [3.63, 3.8) is 0 Å². The number of halogens is 4. The van der Waals surface area contributed by atoms with E-state index in [4.69, 9.17) is 4.74 Å². The third-order valence-corrected chi connectivity index (χ3v) is 7.24. The molecule has 32 heavy (non-hydrogen) atoms. The van der Waals surface area contributed by atoms with Crippen molar-refractivity contribution in [3.8, 4) is 0 Å². The zero-order valence-corrected chi connectivity index (χ0v) is 21.2. The fourth-order valence-corrected chi connectivity index (χ4v) is 5.51. The molecule has 3 atom stereocenters. The zero-order valence-electron chi connectivity index (χ0n) is 18.8. The Morgan fingerprint density at radius 2 is 1.97 bits per heavy atom. The van der Waals surface area contributed by atoms with Gasteiger partial charge in [-0.25, -0.2) is 0 Å². The van der Waals surface area contributed by atoms with Crippen LogP contribution in [0.25, 0.3) is 0 Å². The molecule has 0 aliphatic carbocycles. The van der Waals surface area contributed by atoms with E-state index < -0.39 is 11.7 Å². The second kappa shape index (κ2) is 10.5. The van der Waals surface area contributed by atoms with Crippen LogP contribution in [0.2, 0.25) is 0 Å². The Labute approximate surface area is 205 Å². The number of nitrogens with one attached hydrogen (secondary N) is 1. The lowest BCUT2D eigenvalue weighted by Gasteiger charge is -2.40. The second-order valence-electron chi connectivity index (χ2n) is 9.35. The Morgan fingerprint density at radius 3 is 2.59 bits per heavy atom. The van der Waals surface area contributed by atoms with Crippen molar-refractivity contribution in [2.75, 3.05) is 53.5 Å². The first-order valence-corrected chi connectivity index (χ1v) is 11.2. The number of nitrogens with zero attached hydrogens (tertiary/aromatic N) is 3. The normalized spacial score (nSPS) is 29.4. The first kappa shape index (κ1) is 25.6. The highest BCUT2D eigenvalue weighted by molar-refractivity contribution is 14.0. The van der Waals surface area contributed by atoms with Gasteiger partial charge in [-0.3, -0.25) is 9.89 Å². The number of alkyl halides is 3. The number of aliphatic imine (C=N–C) groups is 1.